The number of hydrogen-bond acceptors (Lipinski definition) is 3. The summed E-state index contributed by atoms with van der Waals surface area (Å²) in [5, 5.41) is 0. The maximum Gasteiger partial charge on any atom is 0.160 e. The van der Waals surface area contributed by atoms with Gasteiger partial charge in [-0.1, -0.05) is 20.8 Å². The molecule has 1 saturated heterocycles. The quantitative estimate of drug-likeness (QED) is 0.846. The van der Waals surface area contributed by atoms with E-state index in [-0.39, 0.29) is 5.41 Å². The van der Waals surface area contributed by atoms with Crippen LogP contribution in [0.3, 0.4) is 0 Å². The van der Waals surface area contributed by atoms with Crippen molar-refractivity contribution in [2.45, 2.75) is 65.0 Å². The Kier molecular flexibility index (Phi) is 3.98. The van der Waals surface area contributed by atoms with Crippen molar-refractivity contribution in [2.75, 3.05) is 13.1 Å². The SMILES string of the molecule is CC(C)N1CCCC(n2c(C(C)(C)C)nc3cccnc32)C1. The molecule has 0 N–H and O–H groups in total. The lowest BCUT2D eigenvalue weighted by Crippen LogP contribution is -2.41. The summed E-state index contributed by atoms with van der Waals surface area (Å²) in [4.78, 5) is 12.1. The molecule has 1 unspecified atom stereocenters. The van der Waals surface area contributed by atoms with Gasteiger partial charge in [0, 0.05) is 30.2 Å². The Morgan fingerprint density at radius 2 is 2.05 bits per heavy atom. The number of piperidine rings is 1. The third-order valence-corrected chi connectivity index (χ3v) is 4.64. The van der Waals surface area contributed by atoms with Crippen LogP contribution in [0, 0.1) is 0 Å². The molecule has 2 aromatic rings. The fraction of sp³-hybridized carbons (Fsp3) is 0.667. The largest absolute Gasteiger partial charge is 0.308 e. The molecule has 0 bridgehead atoms. The molecule has 2 aromatic heterocycles. The molecule has 1 atom stereocenters. The molecule has 1 aliphatic heterocycles. The second-order valence-electron chi connectivity index (χ2n) is 7.79. The molecule has 4 nitrogen and oxygen atoms in total. The molecule has 0 saturated carbocycles. The van der Waals surface area contributed by atoms with Crippen molar-refractivity contribution in [1.82, 2.24) is 19.4 Å². The maximum absolute atomic E-state index is 4.91. The third-order valence-electron chi connectivity index (χ3n) is 4.64. The van der Waals surface area contributed by atoms with Gasteiger partial charge in [-0.3, -0.25) is 4.90 Å². The van der Waals surface area contributed by atoms with Crippen LogP contribution >= 0.6 is 0 Å². The third kappa shape index (κ3) is 2.76. The van der Waals surface area contributed by atoms with Crippen molar-refractivity contribution in [3.8, 4) is 0 Å². The van der Waals surface area contributed by atoms with Crippen LogP contribution in [0.15, 0.2) is 18.3 Å². The summed E-state index contributed by atoms with van der Waals surface area (Å²) in [5.74, 6) is 1.16. The van der Waals surface area contributed by atoms with Gasteiger partial charge >= 0.3 is 0 Å². The van der Waals surface area contributed by atoms with E-state index in [2.05, 4.69) is 55.1 Å². The fourth-order valence-electron chi connectivity index (χ4n) is 3.47. The van der Waals surface area contributed by atoms with Crippen LogP contribution in [-0.2, 0) is 5.41 Å². The fourth-order valence-corrected chi connectivity index (χ4v) is 3.47. The van der Waals surface area contributed by atoms with Crippen LogP contribution in [-0.4, -0.2) is 38.6 Å². The molecule has 0 radical (unpaired) electrons. The Hall–Kier alpha value is -1.42. The van der Waals surface area contributed by atoms with E-state index in [0.29, 0.717) is 12.1 Å². The zero-order valence-corrected chi connectivity index (χ0v) is 14.5. The van der Waals surface area contributed by atoms with Crippen LogP contribution in [0.5, 0.6) is 0 Å². The van der Waals surface area contributed by atoms with Gasteiger partial charge in [0.05, 0.1) is 0 Å². The number of rotatable bonds is 2. The first kappa shape index (κ1) is 15.5. The van der Waals surface area contributed by atoms with Gasteiger partial charge in [-0.15, -0.1) is 0 Å². The first-order valence-electron chi connectivity index (χ1n) is 8.45. The lowest BCUT2D eigenvalue weighted by Gasteiger charge is -2.37. The van der Waals surface area contributed by atoms with Crippen molar-refractivity contribution >= 4 is 11.2 Å². The second kappa shape index (κ2) is 5.65. The summed E-state index contributed by atoms with van der Waals surface area (Å²) in [6, 6.07) is 5.14. The van der Waals surface area contributed by atoms with Gasteiger partial charge in [0.1, 0.15) is 11.3 Å². The highest BCUT2D eigenvalue weighted by Crippen LogP contribution is 2.32. The molecule has 1 fully saturated rings. The molecule has 0 aliphatic carbocycles. The lowest BCUT2D eigenvalue weighted by molar-refractivity contribution is 0.141. The van der Waals surface area contributed by atoms with Gasteiger partial charge < -0.3 is 4.57 Å². The van der Waals surface area contributed by atoms with Gasteiger partial charge in [-0.25, -0.2) is 9.97 Å². The summed E-state index contributed by atoms with van der Waals surface area (Å²) in [5.41, 5.74) is 2.10. The molecular formula is C18H28N4. The molecule has 0 amide bonds. The summed E-state index contributed by atoms with van der Waals surface area (Å²) in [7, 11) is 0. The normalized spacial score (nSPS) is 20.9. The van der Waals surface area contributed by atoms with Crippen molar-refractivity contribution < 1.29 is 0 Å². The zero-order valence-electron chi connectivity index (χ0n) is 14.5. The number of pyridine rings is 1. The smallest absolute Gasteiger partial charge is 0.160 e. The van der Waals surface area contributed by atoms with Crippen molar-refractivity contribution in [3.63, 3.8) is 0 Å². The van der Waals surface area contributed by atoms with Crippen LogP contribution in [0.4, 0.5) is 0 Å². The van der Waals surface area contributed by atoms with Crippen molar-refractivity contribution in [3.05, 3.63) is 24.2 Å². The van der Waals surface area contributed by atoms with E-state index in [4.69, 9.17) is 4.98 Å². The Labute approximate surface area is 133 Å². The van der Waals surface area contributed by atoms with Gasteiger partial charge in [0.25, 0.3) is 0 Å². The molecule has 0 spiro atoms. The summed E-state index contributed by atoms with van der Waals surface area (Å²) < 4.78 is 2.42. The minimum atomic E-state index is 0.0286. The maximum atomic E-state index is 4.91. The Balaban J connectivity index is 2.08. The minimum absolute atomic E-state index is 0.0286. The molecule has 22 heavy (non-hydrogen) atoms. The van der Waals surface area contributed by atoms with Crippen LogP contribution in [0.25, 0.3) is 11.2 Å². The lowest BCUT2D eigenvalue weighted by atomic mass is 9.94. The molecule has 0 aromatic carbocycles. The highest BCUT2D eigenvalue weighted by atomic mass is 15.2. The zero-order chi connectivity index (χ0) is 15.9. The number of imidazole rings is 1. The first-order chi connectivity index (χ1) is 10.4. The van der Waals surface area contributed by atoms with E-state index in [1.165, 1.54) is 19.4 Å². The molecular weight excluding hydrogens is 272 g/mol. The van der Waals surface area contributed by atoms with Crippen LogP contribution in [0.1, 0.15) is 59.3 Å². The van der Waals surface area contributed by atoms with E-state index >= 15 is 0 Å². The highest BCUT2D eigenvalue weighted by molar-refractivity contribution is 5.71. The Morgan fingerprint density at radius 1 is 1.27 bits per heavy atom. The first-order valence-corrected chi connectivity index (χ1v) is 8.45. The highest BCUT2D eigenvalue weighted by Gasteiger charge is 2.30. The van der Waals surface area contributed by atoms with Crippen LogP contribution < -0.4 is 0 Å². The summed E-state index contributed by atoms with van der Waals surface area (Å²) in [6.45, 7) is 13.6. The summed E-state index contributed by atoms with van der Waals surface area (Å²) in [6.07, 6.45) is 4.35. The van der Waals surface area contributed by atoms with Gasteiger partial charge in [-0.2, -0.15) is 0 Å². The topological polar surface area (TPSA) is 34.0 Å². The van der Waals surface area contributed by atoms with E-state index < -0.39 is 0 Å². The predicted octanol–water partition coefficient (Wildman–Crippen LogP) is 3.77. The molecule has 3 rings (SSSR count). The minimum Gasteiger partial charge on any atom is -0.308 e. The Bertz CT molecular complexity index is 651. The predicted molar refractivity (Wildman–Crippen MR) is 91.2 cm³/mol. The Morgan fingerprint density at radius 3 is 2.73 bits per heavy atom. The van der Waals surface area contributed by atoms with Gasteiger partial charge in [0.2, 0.25) is 0 Å². The van der Waals surface area contributed by atoms with E-state index in [1.807, 2.05) is 12.3 Å². The van der Waals surface area contributed by atoms with Gasteiger partial charge in [0.15, 0.2) is 5.65 Å². The van der Waals surface area contributed by atoms with Crippen molar-refractivity contribution in [1.29, 1.82) is 0 Å². The van der Waals surface area contributed by atoms with Gasteiger partial charge in [-0.05, 0) is 45.4 Å². The number of aromatic nitrogens is 3. The van der Waals surface area contributed by atoms with E-state index in [1.54, 1.807) is 0 Å². The molecule has 4 heteroatoms. The standard InChI is InChI=1S/C18H28N4/c1-13(2)21-11-7-8-14(12-21)22-16-15(9-6-10-19-16)20-17(22)18(3,4)5/h6,9-10,13-14H,7-8,11-12H2,1-5H3. The number of hydrogen-bond donors (Lipinski definition) is 0. The summed E-state index contributed by atoms with van der Waals surface area (Å²) >= 11 is 0. The molecule has 120 valence electrons. The number of likely N-dealkylation sites (tertiary alicyclic amines) is 1. The number of nitrogens with zero attached hydrogens (tertiary/aromatic N) is 4. The average Bonchev–Trinajstić information content (AvgIpc) is 2.87. The van der Waals surface area contributed by atoms with Crippen LogP contribution in [0.2, 0.25) is 0 Å². The second-order valence-corrected chi connectivity index (χ2v) is 7.79. The average molecular weight is 300 g/mol. The monoisotopic (exact) mass is 300 g/mol. The van der Waals surface area contributed by atoms with E-state index in [9.17, 15) is 0 Å². The molecule has 1 aliphatic rings. The number of fused-ring (bicyclic) bond motifs is 1. The van der Waals surface area contributed by atoms with E-state index in [0.717, 1.165) is 23.5 Å². The molecule has 3 heterocycles. The van der Waals surface area contributed by atoms with Crippen molar-refractivity contribution in [2.24, 2.45) is 0 Å².